The van der Waals surface area contributed by atoms with Gasteiger partial charge in [-0.05, 0) is 32.4 Å². The summed E-state index contributed by atoms with van der Waals surface area (Å²) in [6.45, 7) is 5.02. The van der Waals surface area contributed by atoms with Gasteiger partial charge in [0.25, 0.3) is 5.91 Å². The van der Waals surface area contributed by atoms with Gasteiger partial charge in [0.05, 0.1) is 17.5 Å². The molecule has 0 saturated carbocycles. The lowest BCUT2D eigenvalue weighted by Gasteiger charge is -2.24. The van der Waals surface area contributed by atoms with E-state index in [4.69, 9.17) is 10.5 Å². The highest BCUT2D eigenvalue weighted by molar-refractivity contribution is 5.96. The normalized spacial score (nSPS) is 16.1. The third-order valence-electron chi connectivity index (χ3n) is 5.22. The Hall–Kier alpha value is -3.44. The first-order valence-electron chi connectivity index (χ1n) is 10.0. The average Bonchev–Trinajstić information content (AvgIpc) is 3.08. The van der Waals surface area contributed by atoms with Gasteiger partial charge in [-0.15, -0.1) is 0 Å². The van der Waals surface area contributed by atoms with Crippen molar-refractivity contribution in [2.75, 3.05) is 32.6 Å². The molecule has 3 N–H and O–H groups in total. The molecule has 3 rings (SSSR count). The average molecular weight is 422 g/mol. The summed E-state index contributed by atoms with van der Waals surface area (Å²) in [5.41, 5.74) is 7.11. The number of hydrogen-bond acceptors (Lipinski definition) is 6. The smallest absolute Gasteiger partial charge is 0.269 e. The number of carbonyl (C=O) groups excluding carboxylic acids is 2. The summed E-state index contributed by atoms with van der Waals surface area (Å²) < 4.78 is 5.38. The Balaban J connectivity index is 1.84. The zero-order valence-electron chi connectivity index (χ0n) is 18.2. The van der Waals surface area contributed by atoms with Crippen LogP contribution in [0.15, 0.2) is 30.5 Å². The lowest BCUT2D eigenvalue weighted by Crippen LogP contribution is -2.33. The molecule has 0 bridgehead atoms. The predicted octanol–water partition coefficient (Wildman–Crippen LogP) is 1.91. The van der Waals surface area contributed by atoms with Crippen molar-refractivity contribution >= 4 is 17.5 Å². The minimum Gasteiger partial charge on any atom is -0.379 e. The molecule has 1 fully saturated rings. The summed E-state index contributed by atoms with van der Waals surface area (Å²) in [4.78, 5) is 34.5. The van der Waals surface area contributed by atoms with E-state index in [1.807, 2.05) is 38.1 Å². The highest BCUT2D eigenvalue weighted by Gasteiger charge is 2.27. The molecule has 162 valence electrons. The Kier molecular flexibility index (Phi) is 6.56. The number of methoxy groups -OCH3 is 1. The second-order valence-electron chi connectivity index (χ2n) is 8.09. The molecule has 0 spiro atoms. The van der Waals surface area contributed by atoms with E-state index < -0.39 is 11.5 Å². The van der Waals surface area contributed by atoms with Gasteiger partial charge in [-0.3, -0.25) is 9.59 Å². The van der Waals surface area contributed by atoms with Crippen molar-refractivity contribution in [3.05, 3.63) is 41.7 Å². The first kappa shape index (κ1) is 22.2. The molecule has 1 aromatic carbocycles. The summed E-state index contributed by atoms with van der Waals surface area (Å²) in [5.74, 6) is 5.62. The summed E-state index contributed by atoms with van der Waals surface area (Å²) >= 11 is 0. The van der Waals surface area contributed by atoms with Crippen LogP contribution < -0.4 is 11.1 Å². The molecule has 8 nitrogen and oxygen atoms in total. The van der Waals surface area contributed by atoms with Gasteiger partial charge in [0.15, 0.2) is 11.5 Å². The van der Waals surface area contributed by atoms with Crippen molar-refractivity contribution in [3.8, 4) is 23.2 Å². The number of amides is 2. The number of benzene rings is 1. The standard InChI is InChI=1S/C23H27N5O3/c1-23(2,31-4)14-26-18-13-25-21(27-19(18)20(24)29)17-7-5-6-15(12-17)8-9-16-10-11-28(3)22(16)30/h5-7,12-13,16,26H,10-11,14H2,1-4H3,(H2,24,29). The van der Waals surface area contributed by atoms with E-state index in [1.165, 1.54) is 0 Å². The van der Waals surface area contributed by atoms with Crippen LogP contribution in [0.5, 0.6) is 0 Å². The van der Waals surface area contributed by atoms with E-state index in [0.29, 0.717) is 23.6 Å². The Morgan fingerprint density at radius 3 is 2.84 bits per heavy atom. The van der Waals surface area contributed by atoms with Gasteiger partial charge in [0.1, 0.15) is 5.92 Å². The Labute approximate surface area is 182 Å². The topological polar surface area (TPSA) is 110 Å². The molecule has 0 aliphatic carbocycles. The van der Waals surface area contributed by atoms with Crippen molar-refractivity contribution in [2.24, 2.45) is 11.7 Å². The number of nitrogens with zero attached hydrogens (tertiary/aromatic N) is 3. The summed E-state index contributed by atoms with van der Waals surface area (Å²) in [5, 5.41) is 3.13. The van der Waals surface area contributed by atoms with Gasteiger partial charge in [0.2, 0.25) is 5.91 Å². The van der Waals surface area contributed by atoms with Crippen molar-refractivity contribution in [1.29, 1.82) is 0 Å². The van der Waals surface area contributed by atoms with Gasteiger partial charge < -0.3 is 20.7 Å². The van der Waals surface area contributed by atoms with E-state index in [-0.39, 0.29) is 17.5 Å². The summed E-state index contributed by atoms with van der Waals surface area (Å²) in [6, 6.07) is 7.36. The van der Waals surface area contributed by atoms with Crippen molar-refractivity contribution in [1.82, 2.24) is 14.9 Å². The van der Waals surface area contributed by atoms with Crippen LogP contribution in [0.4, 0.5) is 5.69 Å². The highest BCUT2D eigenvalue weighted by Crippen LogP contribution is 2.21. The van der Waals surface area contributed by atoms with Crippen LogP contribution in [0, 0.1) is 17.8 Å². The Bertz CT molecular complexity index is 1050. The number of aromatic nitrogens is 2. The minimum atomic E-state index is -0.652. The zero-order chi connectivity index (χ0) is 22.6. The number of nitrogens with one attached hydrogen (secondary N) is 1. The van der Waals surface area contributed by atoms with Crippen LogP contribution in [0.1, 0.15) is 36.3 Å². The van der Waals surface area contributed by atoms with E-state index in [0.717, 1.165) is 18.5 Å². The molecule has 1 aromatic heterocycles. The number of rotatable bonds is 6. The molecule has 1 unspecified atom stereocenters. The number of primary amides is 1. The van der Waals surface area contributed by atoms with Crippen LogP contribution in [0.25, 0.3) is 11.4 Å². The lowest BCUT2D eigenvalue weighted by molar-refractivity contribution is -0.128. The van der Waals surface area contributed by atoms with Crippen molar-refractivity contribution < 1.29 is 14.3 Å². The first-order chi connectivity index (χ1) is 14.7. The van der Waals surface area contributed by atoms with E-state index in [9.17, 15) is 9.59 Å². The molecule has 8 heteroatoms. The fourth-order valence-corrected chi connectivity index (χ4v) is 3.08. The maximum atomic E-state index is 12.0. The van der Waals surface area contributed by atoms with Gasteiger partial charge in [-0.1, -0.05) is 24.0 Å². The maximum absolute atomic E-state index is 12.0. The van der Waals surface area contributed by atoms with E-state index in [2.05, 4.69) is 27.1 Å². The third kappa shape index (κ3) is 5.38. The van der Waals surface area contributed by atoms with E-state index >= 15 is 0 Å². The van der Waals surface area contributed by atoms with Crippen LogP contribution in [0.2, 0.25) is 0 Å². The molecular weight excluding hydrogens is 394 g/mol. The fraction of sp³-hybridized carbons (Fsp3) is 0.391. The first-order valence-corrected chi connectivity index (χ1v) is 10.0. The molecular formula is C23H27N5O3. The lowest BCUT2D eigenvalue weighted by atomic mass is 10.1. The second-order valence-corrected chi connectivity index (χ2v) is 8.09. The molecule has 2 heterocycles. The minimum absolute atomic E-state index is 0.0535. The van der Waals surface area contributed by atoms with Gasteiger partial charge in [-0.25, -0.2) is 9.97 Å². The SMILES string of the molecule is COC(C)(C)CNc1cnc(-c2cccc(C#CC3CCN(C)C3=O)c2)nc1C(N)=O. The Morgan fingerprint density at radius 1 is 1.42 bits per heavy atom. The van der Waals surface area contributed by atoms with Crippen molar-refractivity contribution in [3.63, 3.8) is 0 Å². The Morgan fingerprint density at radius 2 is 2.19 bits per heavy atom. The zero-order valence-corrected chi connectivity index (χ0v) is 18.2. The number of likely N-dealkylation sites (tertiary alicyclic amines) is 1. The van der Waals surface area contributed by atoms with Gasteiger partial charge in [0, 0.05) is 38.4 Å². The highest BCUT2D eigenvalue weighted by atomic mass is 16.5. The van der Waals surface area contributed by atoms with E-state index in [1.54, 1.807) is 25.3 Å². The maximum Gasteiger partial charge on any atom is 0.269 e. The molecule has 0 radical (unpaired) electrons. The predicted molar refractivity (Wildman–Crippen MR) is 118 cm³/mol. The summed E-state index contributed by atoms with van der Waals surface area (Å²) in [7, 11) is 3.40. The van der Waals surface area contributed by atoms with Crippen LogP contribution >= 0.6 is 0 Å². The molecule has 31 heavy (non-hydrogen) atoms. The molecule has 1 saturated heterocycles. The molecule has 2 aromatic rings. The number of hydrogen-bond donors (Lipinski definition) is 2. The number of nitrogens with two attached hydrogens (primary N) is 1. The van der Waals surface area contributed by atoms with Crippen LogP contribution in [-0.2, 0) is 9.53 Å². The fourth-order valence-electron chi connectivity index (χ4n) is 3.08. The number of ether oxygens (including phenoxy) is 1. The monoisotopic (exact) mass is 421 g/mol. The van der Waals surface area contributed by atoms with Crippen LogP contribution in [0.3, 0.4) is 0 Å². The molecule has 1 aliphatic rings. The van der Waals surface area contributed by atoms with Gasteiger partial charge in [-0.2, -0.15) is 0 Å². The number of carbonyl (C=O) groups is 2. The third-order valence-corrected chi connectivity index (χ3v) is 5.22. The van der Waals surface area contributed by atoms with Crippen molar-refractivity contribution in [2.45, 2.75) is 25.9 Å². The van der Waals surface area contributed by atoms with Crippen LogP contribution in [-0.4, -0.2) is 59.5 Å². The molecule has 1 atom stereocenters. The van der Waals surface area contributed by atoms with Gasteiger partial charge >= 0.3 is 0 Å². The molecule has 1 aliphatic heterocycles. The second kappa shape index (κ2) is 9.14. The number of anilines is 1. The quantitative estimate of drug-likeness (QED) is 0.690. The molecule has 2 amide bonds. The largest absolute Gasteiger partial charge is 0.379 e. The summed E-state index contributed by atoms with van der Waals surface area (Å²) in [6.07, 6.45) is 2.28.